The van der Waals surface area contributed by atoms with Crippen LogP contribution in [0.2, 0.25) is 0 Å². The minimum Gasteiger partial charge on any atom is -0.393 e. The first kappa shape index (κ1) is 13.9. The summed E-state index contributed by atoms with van der Waals surface area (Å²) in [4.78, 5) is 0. The molecule has 1 saturated carbocycles. The Morgan fingerprint density at radius 3 is 2.69 bits per heavy atom. The van der Waals surface area contributed by atoms with E-state index in [0.717, 1.165) is 25.7 Å². The first-order valence-electron chi connectivity index (χ1n) is 6.05. The van der Waals surface area contributed by atoms with Crippen molar-refractivity contribution >= 4 is 10.0 Å². The van der Waals surface area contributed by atoms with Gasteiger partial charge in [-0.25, -0.2) is 13.1 Å². The van der Waals surface area contributed by atoms with Crippen molar-refractivity contribution in [1.82, 2.24) is 4.72 Å². The van der Waals surface area contributed by atoms with Gasteiger partial charge < -0.3 is 5.11 Å². The van der Waals surface area contributed by atoms with Crippen molar-refractivity contribution in [3.8, 4) is 0 Å². The molecule has 0 amide bonds. The molecule has 96 valence electrons. The van der Waals surface area contributed by atoms with Crippen molar-refractivity contribution in [2.45, 2.75) is 52.1 Å². The number of rotatable bonds is 5. The smallest absolute Gasteiger partial charge is 0.211 e. The van der Waals surface area contributed by atoms with Gasteiger partial charge in [0.05, 0.1) is 11.9 Å². The Balaban J connectivity index is 2.53. The maximum Gasteiger partial charge on any atom is 0.211 e. The first-order valence-corrected chi connectivity index (χ1v) is 7.70. The summed E-state index contributed by atoms with van der Waals surface area (Å²) in [5.74, 6) is 0.166. The topological polar surface area (TPSA) is 66.4 Å². The molecular formula is C11H23NO3S. The SMILES string of the molecule is CCCS(=O)(=O)NC[C@@]1(C)CCCC[C@@H]1O. The van der Waals surface area contributed by atoms with Gasteiger partial charge in [-0.15, -0.1) is 0 Å². The summed E-state index contributed by atoms with van der Waals surface area (Å²) in [5.41, 5.74) is -0.293. The molecule has 0 radical (unpaired) electrons. The molecule has 0 saturated heterocycles. The Morgan fingerprint density at radius 2 is 2.12 bits per heavy atom. The largest absolute Gasteiger partial charge is 0.393 e. The lowest BCUT2D eigenvalue weighted by atomic mass is 9.73. The minimum absolute atomic E-state index is 0.166. The van der Waals surface area contributed by atoms with Gasteiger partial charge in [-0.05, 0) is 19.3 Å². The fourth-order valence-corrected chi connectivity index (χ4v) is 3.43. The first-order chi connectivity index (χ1) is 7.40. The Kier molecular flexibility index (Phi) is 4.76. The number of nitrogens with one attached hydrogen (secondary N) is 1. The van der Waals surface area contributed by atoms with Gasteiger partial charge in [0.1, 0.15) is 0 Å². The summed E-state index contributed by atoms with van der Waals surface area (Å²) in [6.07, 6.45) is 4.02. The van der Waals surface area contributed by atoms with Crippen molar-refractivity contribution in [2.75, 3.05) is 12.3 Å². The Morgan fingerprint density at radius 1 is 1.44 bits per heavy atom. The molecule has 1 aliphatic rings. The highest BCUT2D eigenvalue weighted by Gasteiger charge is 2.35. The molecular weight excluding hydrogens is 226 g/mol. The summed E-state index contributed by atoms with van der Waals surface area (Å²) in [6.45, 7) is 4.16. The van der Waals surface area contributed by atoms with Crippen LogP contribution >= 0.6 is 0 Å². The highest BCUT2D eigenvalue weighted by atomic mass is 32.2. The molecule has 1 fully saturated rings. The highest BCUT2D eigenvalue weighted by Crippen LogP contribution is 2.35. The van der Waals surface area contributed by atoms with Crippen molar-refractivity contribution < 1.29 is 13.5 Å². The molecule has 0 spiro atoms. The van der Waals surface area contributed by atoms with Crippen LogP contribution in [0.4, 0.5) is 0 Å². The third-order valence-corrected chi connectivity index (χ3v) is 4.98. The lowest BCUT2D eigenvalue weighted by Gasteiger charge is -2.38. The molecule has 1 aliphatic carbocycles. The summed E-state index contributed by atoms with van der Waals surface area (Å²) < 4.78 is 25.7. The van der Waals surface area contributed by atoms with E-state index in [9.17, 15) is 13.5 Å². The number of sulfonamides is 1. The standard InChI is InChI=1S/C11H23NO3S/c1-3-8-16(14,15)12-9-11(2)7-5-4-6-10(11)13/h10,12-13H,3-9H2,1-2H3/t10-,11+/m0/s1. The molecule has 0 aromatic heterocycles. The molecule has 2 atom stereocenters. The lowest BCUT2D eigenvalue weighted by molar-refractivity contribution is 0.00463. The van der Waals surface area contributed by atoms with E-state index in [2.05, 4.69) is 4.72 Å². The van der Waals surface area contributed by atoms with Crippen LogP contribution in [0.3, 0.4) is 0 Å². The van der Waals surface area contributed by atoms with Crippen LogP contribution in [0.5, 0.6) is 0 Å². The van der Waals surface area contributed by atoms with E-state index in [1.54, 1.807) is 0 Å². The van der Waals surface area contributed by atoms with Crippen LogP contribution in [0, 0.1) is 5.41 Å². The van der Waals surface area contributed by atoms with Gasteiger partial charge in [0.25, 0.3) is 0 Å². The van der Waals surface area contributed by atoms with E-state index >= 15 is 0 Å². The molecule has 0 bridgehead atoms. The number of aliphatic hydroxyl groups is 1. The van der Waals surface area contributed by atoms with Crippen LogP contribution in [0.1, 0.15) is 46.0 Å². The van der Waals surface area contributed by atoms with Crippen molar-refractivity contribution in [3.63, 3.8) is 0 Å². The molecule has 0 heterocycles. The third kappa shape index (κ3) is 3.71. The predicted octanol–water partition coefficient (Wildman–Crippen LogP) is 1.26. The predicted molar refractivity (Wildman–Crippen MR) is 64.7 cm³/mol. The number of hydrogen-bond donors (Lipinski definition) is 2. The molecule has 0 aromatic rings. The van der Waals surface area contributed by atoms with Gasteiger partial charge in [-0.2, -0.15) is 0 Å². The molecule has 0 aliphatic heterocycles. The van der Waals surface area contributed by atoms with Gasteiger partial charge in [0, 0.05) is 12.0 Å². The number of hydrogen-bond acceptors (Lipinski definition) is 3. The van der Waals surface area contributed by atoms with Crippen LogP contribution in [0.25, 0.3) is 0 Å². The minimum atomic E-state index is -3.15. The summed E-state index contributed by atoms with van der Waals surface area (Å²) in [7, 11) is -3.15. The monoisotopic (exact) mass is 249 g/mol. The molecule has 2 N–H and O–H groups in total. The average molecular weight is 249 g/mol. The van der Waals surface area contributed by atoms with Crippen molar-refractivity contribution in [2.24, 2.45) is 5.41 Å². The quantitative estimate of drug-likeness (QED) is 0.771. The molecule has 0 unspecified atom stereocenters. The molecule has 5 heteroatoms. The maximum atomic E-state index is 11.5. The molecule has 0 aromatic carbocycles. The van der Waals surface area contributed by atoms with Crippen LogP contribution in [-0.4, -0.2) is 31.9 Å². The zero-order valence-corrected chi connectivity index (χ0v) is 11.0. The average Bonchev–Trinajstić information content (AvgIpc) is 2.20. The second-order valence-corrected chi connectivity index (χ2v) is 6.98. The van der Waals surface area contributed by atoms with Gasteiger partial charge in [0.15, 0.2) is 0 Å². The molecule has 1 rings (SSSR count). The van der Waals surface area contributed by atoms with E-state index in [1.165, 1.54) is 0 Å². The van der Waals surface area contributed by atoms with Gasteiger partial charge in [0.2, 0.25) is 10.0 Å². The van der Waals surface area contributed by atoms with E-state index in [1.807, 2.05) is 13.8 Å². The van der Waals surface area contributed by atoms with Gasteiger partial charge in [-0.1, -0.05) is 26.7 Å². The molecule has 4 nitrogen and oxygen atoms in total. The van der Waals surface area contributed by atoms with E-state index in [4.69, 9.17) is 0 Å². The van der Waals surface area contributed by atoms with Crippen molar-refractivity contribution in [1.29, 1.82) is 0 Å². The normalized spacial score (nSPS) is 31.6. The summed E-state index contributed by atoms with van der Waals surface area (Å²) >= 11 is 0. The second kappa shape index (κ2) is 5.47. The Bertz CT molecular complexity index is 315. The van der Waals surface area contributed by atoms with Crippen LogP contribution in [0.15, 0.2) is 0 Å². The second-order valence-electron chi connectivity index (χ2n) is 5.06. The highest BCUT2D eigenvalue weighted by molar-refractivity contribution is 7.89. The zero-order chi connectivity index (χ0) is 12.2. The summed E-state index contributed by atoms with van der Waals surface area (Å²) in [5, 5.41) is 9.92. The van der Waals surface area contributed by atoms with Crippen LogP contribution < -0.4 is 4.72 Å². The zero-order valence-electron chi connectivity index (χ0n) is 10.2. The Labute approximate surface area is 98.5 Å². The third-order valence-electron chi connectivity index (χ3n) is 3.45. The lowest BCUT2D eigenvalue weighted by Crippen LogP contribution is -2.45. The maximum absolute atomic E-state index is 11.5. The van der Waals surface area contributed by atoms with E-state index in [0.29, 0.717) is 13.0 Å². The van der Waals surface area contributed by atoms with Gasteiger partial charge in [-0.3, -0.25) is 0 Å². The van der Waals surface area contributed by atoms with E-state index < -0.39 is 10.0 Å². The van der Waals surface area contributed by atoms with E-state index in [-0.39, 0.29) is 17.3 Å². The van der Waals surface area contributed by atoms with Crippen molar-refractivity contribution in [3.05, 3.63) is 0 Å². The number of aliphatic hydroxyl groups excluding tert-OH is 1. The Hall–Kier alpha value is -0.130. The van der Waals surface area contributed by atoms with Gasteiger partial charge >= 0.3 is 0 Å². The fraction of sp³-hybridized carbons (Fsp3) is 1.00. The summed E-state index contributed by atoms with van der Waals surface area (Å²) in [6, 6.07) is 0. The van der Waals surface area contributed by atoms with Crippen LogP contribution in [-0.2, 0) is 10.0 Å². The fourth-order valence-electron chi connectivity index (χ4n) is 2.20. The molecule has 16 heavy (non-hydrogen) atoms.